The molecule has 0 aromatic carbocycles. The van der Waals surface area contributed by atoms with E-state index in [1.807, 2.05) is 11.8 Å². The van der Waals surface area contributed by atoms with Gasteiger partial charge in [-0.05, 0) is 20.8 Å². The van der Waals surface area contributed by atoms with Crippen molar-refractivity contribution in [1.29, 1.82) is 0 Å². The van der Waals surface area contributed by atoms with Crippen LogP contribution in [0.3, 0.4) is 0 Å². The number of hydrogen-bond acceptors (Lipinski definition) is 4. The fourth-order valence-corrected chi connectivity index (χ4v) is 1.90. The molecular weight excluding hydrogens is 262 g/mol. The van der Waals surface area contributed by atoms with Crippen LogP contribution in [0.5, 0.6) is 0 Å². The first-order valence-corrected chi connectivity index (χ1v) is 6.93. The van der Waals surface area contributed by atoms with Crippen LogP contribution in [0.1, 0.15) is 47.4 Å². The summed E-state index contributed by atoms with van der Waals surface area (Å²) in [5.41, 5.74) is -0.941. The Morgan fingerprint density at radius 3 is 2.21 bits per heavy atom. The van der Waals surface area contributed by atoms with Crippen molar-refractivity contribution in [2.75, 3.05) is 18.0 Å². The Bertz CT molecular complexity index is 435. The molecule has 1 aromatic rings. The molecule has 108 valence electrons. The molecule has 0 amide bonds. The van der Waals surface area contributed by atoms with Crippen LogP contribution in [0.25, 0.3) is 0 Å². The molecule has 0 aliphatic rings. The van der Waals surface area contributed by atoms with Crippen LogP contribution in [0, 0.1) is 0 Å². The highest BCUT2D eigenvalue weighted by Crippen LogP contribution is 2.24. The molecule has 0 saturated heterocycles. The lowest BCUT2D eigenvalue weighted by atomic mass is 9.96. The summed E-state index contributed by atoms with van der Waals surface area (Å²) < 4.78 is 0. The number of hydrogen-bond donors (Lipinski definition) is 1. The van der Waals surface area contributed by atoms with Gasteiger partial charge in [0.1, 0.15) is 16.8 Å². The molecule has 0 spiro atoms. The van der Waals surface area contributed by atoms with Crippen molar-refractivity contribution in [3.63, 3.8) is 0 Å². The molecule has 0 aliphatic carbocycles. The lowest BCUT2D eigenvalue weighted by molar-refractivity contribution is 0.0874. The molecule has 1 aromatic heterocycles. The van der Waals surface area contributed by atoms with E-state index in [1.165, 1.54) is 0 Å². The number of aromatic nitrogens is 2. The van der Waals surface area contributed by atoms with E-state index >= 15 is 0 Å². The van der Waals surface area contributed by atoms with Crippen LogP contribution < -0.4 is 4.90 Å². The van der Waals surface area contributed by atoms with Crippen molar-refractivity contribution in [3.05, 3.63) is 17.0 Å². The van der Waals surface area contributed by atoms with Gasteiger partial charge in [-0.2, -0.15) is 0 Å². The Balaban J connectivity index is 3.14. The summed E-state index contributed by atoms with van der Waals surface area (Å²) in [6.07, 6.45) is 0. The van der Waals surface area contributed by atoms with Crippen molar-refractivity contribution in [3.8, 4) is 0 Å². The maximum atomic E-state index is 9.96. The second-order valence-electron chi connectivity index (χ2n) is 6.45. The van der Waals surface area contributed by atoms with E-state index in [-0.39, 0.29) is 5.41 Å². The average molecular weight is 286 g/mol. The Morgan fingerprint density at radius 2 is 1.79 bits per heavy atom. The number of likely N-dealkylation sites (N-methyl/N-ethyl adjacent to an activating group) is 1. The van der Waals surface area contributed by atoms with Gasteiger partial charge in [0.2, 0.25) is 0 Å². The van der Waals surface area contributed by atoms with Crippen LogP contribution in [0.2, 0.25) is 5.15 Å². The van der Waals surface area contributed by atoms with Crippen LogP contribution >= 0.6 is 11.6 Å². The molecule has 0 fully saturated rings. The first-order valence-electron chi connectivity index (χ1n) is 6.55. The minimum absolute atomic E-state index is 0.159. The second kappa shape index (κ2) is 5.63. The highest BCUT2D eigenvalue weighted by Gasteiger charge is 2.23. The van der Waals surface area contributed by atoms with Crippen molar-refractivity contribution < 1.29 is 5.11 Å². The van der Waals surface area contributed by atoms with Crippen LogP contribution in [0.4, 0.5) is 5.82 Å². The summed E-state index contributed by atoms with van der Waals surface area (Å²) in [6.45, 7) is 13.0. The van der Waals surface area contributed by atoms with E-state index in [0.717, 1.165) is 12.4 Å². The summed E-state index contributed by atoms with van der Waals surface area (Å²) in [6, 6.07) is 1.74. The van der Waals surface area contributed by atoms with E-state index in [9.17, 15) is 5.11 Å². The third-order valence-corrected chi connectivity index (χ3v) is 2.83. The van der Waals surface area contributed by atoms with Gasteiger partial charge < -0.3 is 10.0 Å². The van der Waals surface area contributed by atoms with Gasteiger partial charge in [-0.1, -0.05) is 32.4 Å². The molecule has 4 nitrogen and oxygen atoms in total. The zero-order valence-electron chi connectivity index (χ0n) is 12.7. The number of nitrogens with zero attached hydrogens (tertiary/aromatic N) is 3. The van der Waals surface area contributed by atoms with Crippen molar-refractivity contribution in [2.45, 2.75) is 52.6 Å². The predicted octanol–water partition coefficient (Wildman–Crippen LogP) is 3.02. The molecule has 0 aliphatic heterocycles. The van der Waals surface area contributed by atoms with Gasteiger partial charge >= 0.3 is 0 Å². The molecule has 0 atom stereocenters. The normalized spacial score (nSPS) is 12.6. The van der Waals surface area contributed by atoms with E-state index in [1.54, 1.807) is 19.9 Å². The Morgan fingerprint density at radius 1 is 1.21 bits per heavy atom. The van der Waals surface area contributed by atoms with Crippen molar-refractivity contribution in [2.24, 2.45) is 0 Å². The smallest absolute Gasteiger partial charge is 0.137 e. The summed E-state index contributed by atoms with van der Waals surface area (Å²) in [5.74, 6) is 1.47. The first-order chi connectivity index (χ1) is 8.53. The quantitative estimate of drug-likeness (QED) is 0.864. The zero-order valence-corrected chi connectivity index (χ0v) is 13.4. The molecule has 1 rings (SSSR count). The molecule has 19 heavy (non-hydrogen) atoms. The third-order valence-electron chi connectivity index (χ3n) is 2.64. The van der Waals surface area contributed by atoms with E-state index < -0.39 is 5.60 Å². The number of halogens is 1. The highest BCUT2D eigenvalue weighted by atomic mass is 35.5. The van der Waals surface area contributed by atoms with Gasteiger partial charge in [0.15, 0.2) is 0 Å². The highest BCUT2D eigenvalue weighted by molar-refractivity contribution is 6.29. The van der Waals surface area contributed by atoms with Gasteiger partial charge in [0.25, 0.3) is 0 Å². The minimum atomic E-state index is -0.782. The fraction of sp³-hybridized carbons (Fsp3) is 0.714. The molecule has 0 bridgehead atoms. The molecule has 0 radical (unpaired) electrons. The van der Waals surface area contributed by atoms with Gasteiger partial charge in [-0.25, -0.2) is 9.97 Å². The number of aliphatic hydroxyl groups is 1. The third kappa shape index (κ3) is 4.96. The number of rotatable bonds is 4. The molecule has 0 unspecified atom stereocenters. The van der Waals surface area contributed by atoms with E-state index in [4.69, 9.17) is 11.6 Å². The standard InChI is InChI=1S/C14H24ClN3O/c1-7-18(9-14(5,6)19)11-8-10(15)16-12(17-11)13(2,3)4/h8,19H,7,9H2,1-6H3. The monoisotopic (exact) mass is 285 g/mol. The van der Waals surface area contributed by atoms with Crippen LogP contribution in [-0.2, 0) is 5.41 Å². The molecule has 5 heteroatoms. The van der Waals surface area contributed by atoms with Crippen LogP contribution in [-0.4, -0.2) is 33.8 Å². The summed E-state index contributed by atoms with van der Waals surface area (Å²) in [4.78, 5) is 10.9. The van der Waals surface area contributed by atoms with E-state index in [2.05, 4.69) is 30.7 Å². The van der Waals surface area contributed by atoms with Crippen molar-refractivity contribution in [1.82, 2.24) is 9.97 Å². The molecule has 0 saturated carbocycles. The van der Waals surface area contributed by atoms with Gasteiger partial charge in [-0.3, -0.25) is 0 Å². The van der Waals surface area contributed by atoms with Crippen LogP contribution in [0.15, 0.2) is 6.07 Å². The van der Waals surface area contributed by atoms with Crippen molar-refractivity contribution >= 4 is 17.4 Å². The molecule has 1 N–H and O–H groups in total. The summed E-state index contributed by atoms with van der Waals surface area (Å²) >= 11 is 6.09. The zero-order chi connectivity index (χ0) is 14.8. The fourth-order valence-electron chi connectivity index (χ4n) is 1.73. The van der Waals surface area contributed by atoms with Gasteiger partial charge in [0, 0.05) is 24.6 Å². The van der Waals surface area contributed by atoms with Gasteiger partial charge in [-0.15, -0.1) is 0 Å². The second-order valence-corrected chi connectivity index (χ2v) is 6.84. The summed E-state index contributed by atoms with van der Waals surface area (Å²) in [5, 5.41) is 10.4. The van der Waals surface area contributed by atoms with E-state index in [0.29, 0.717) is 17.5 Å². The van der Waals surface area contributed by atoms with Gasteiger partial charge in [0.05, 0.1) is 5.60 Å². The minimum Gasteiger partial charge on any atom is -0.389 e. The topological polar surface area (TPSA) is 49.2 Å². The Hall–Kier alpha value is -0.870. The average Bonchev–Trinajstić information content (AvgIpc) is 2.22. The lowest BCUT2D eigenvalue weighted by Crippen LogP contribution is -2.39. The molecular formula is C14H24ClN3O. The largest absolute Gasteiger partial charge is 0.389 e. The number of anilines is 1. The Kier molecular flexibility index (Phi) is 4.80. The summed E-state index contributed by atoms with van der Waals surface area (Å²) in [7, 11) is 0. The molecule has 1 heterocycles. The lowest BCUT2D eigenvalue weighted by Gasteiger charge is -2.30. The maximum Gasteiger partial charge on any atom is 0.137 e. The predicted molar refractivity (Wildman–Crippen MR) is 79.9 cm³/mol. The SMILES string of the molecule is CCN(CC(C)(C)O)c1cc(Cl)nc(C(C)(C)C)n1. The first kappa shape index (κ1) is 16.2. The maximum absolute atomic E-state index is 9.96. The Labute approximate surface area is 120 Å².